The number of nitrogens with one attached hydrogen (secondary N) is 1. The van der Waals surface area contributed by atoms with Crippen LogP contribution in [0.1, 0.15) is 17.5 Å². The number of rotatable bonds is 2. The first-order valence-electron chi connectivity index (χ1n) is 8.68. The summed E-state index contributed by atoms with van der Waals surface area (Å²) in [7, 11) is 1.64. The summed E-state index contributed by atoms with van der Waals surface area (Å²) in [6.45, 7) is 1.82. The molecule has 25 heavy (non-hydrogen) atoms. The fraction of sp³-hybridized carbons (Fsp3) is 0.350. The Balaban J connectivity index is 1.55. The Kier molecular flexibility index (Phi) is 4.22. The van der Waals surface area contributed by atoms with Gasteiger partial charge >= 0.3 is 0 Å². The third-order valence-corrected chi connectivity index (χ3v) is 4.84. The van der Waals surface area contributed by atoms with Crippen molar-refractivity contribution in [2.45, 2.75) is 25.4 Å². The number of hydrogen-bond acceptors (Lipinski definition) is 4. The fourth-order valence-corrected chi connectivity index (χ4v) is 3.58. The Morgan fingerprint density at radius 3 is 2.88 bits per heavy atom. The van der Waals surface area contributed by atoms with E-state index >= 15 is 0 Å². The quantitative estimate of drug-likeness (QED) is 0.915. The molecule has 0 saturated heterocycles. The van der Waals surface area contributed by atoms with Gasteiger partial charge in [0.25, 0.3) is 0 Å². The first-order chi connectivity index (χ1) is 12.3. The number of ether oxygens (including phenoxy) is 2. The molecule has 0 saturated carbocycles. The van der Waals surface area contributed by atoms with Crippen LogP contribution >= 0.6 is 0 Å². The maximum atomic E-state index is 13.1. The third kappa shape index (κ3) is 3.02. The molecule has 2 aliphatic rings. The Morgan fingerprint density at radius 2 is 2.04 bits per heavy atom. The van der Waals surface area contributed by atoms with E-state index in [-0.39, 0.29) is 11.9 Å². The summed E-state index contributed by atoms with van der Waals surface area (Å²) in [5, 5.41) is 3.37. The summed E-state index contributed by atoms with van der Waals surface area (Å²) in [6.07, 6.45) is 1.55. The predicted molar refractivity (Wildman–Crippen MR) is 96.1 cm³/mol. The molecule has 5 nitrogen and oxygen atoms in total. The van der Waals surface area contributed by atoms with Gasteiger partial charge in [0.15, 0.2) is 11.5 Å². The fourth-order valence-electron chi connectivity index (χ4n) is 3.58. The zero-order valence-electron chi connectivity index (χ0n) is 14.3. The number of nitrogens with zero attached hydrogens (tertiary/aromatic N) is 1. The van der Waals surface area contributed by atoms with Gasteiger partial charge in [0.1, 0.15) is 6.04 Å². The molecular formula is C20H22N2O3. The van der Waals surface area contributed by atoms with Crippen LogP contribution in [0.15, 0.2) is 42.5 Å². The summed E-state index contributed by atoms with van der Waals surface area (Å²) < 4.78 is 11.3. The molecule has 0 spiro atoms. The average Bonchev–Trinajstić information content (AvgIpc) is 3.05. The second kappa shape index (κ2) is 6.67. The number of anilines is 1. The molecule has 0 radical (unpaired) electrons. The first kappa shape index (κ1) is 15.8. The van der Waals surface area contributed by atoms with E-state index in [0.717, 1.165) is 35.6 Å². The number of carbonyl (C=O) groups excluding carboxylic acids is 1. The van der Waals surface area contributed by atoms with Crippen molar-refractivity contribution in [1.29, 1.82) is 0 Å². The van der Waals surface area contributed by atoms with Crippen molar-refractivity contribution < 1.29 is 14.3 Å². The van der Waals surface area contributed by atoms with Crippen LogP contribution in [0.25, 0.3) is 0 Å². The van der Waals surface area contributed by atoms with Crippen LogP contribution in [0, 0.1) is 0 Å². The van der Waals surface area contributed by atoms with Crippen LogP contribution < -0.4 is 14.8 Å². The van der Waals surface area contributed by atoms with Gasteiger partial charge in [-0.1, -0.05) is 30.3 Å². The number of fused-ring (bicyclic) bond motifs is 2. The zero-order chi connectivity index (χ0) is 17.2. The number of methoxy groups -OCH3 is 1. The molecule has 0 aliphatic carbocycles. The van der Waals surface area contributed by atoms with Crippen LogP contribution in [0.5, 0.6) is 11.5 Å². The normalized spacial score (nSPS) is 18.9. The first-order valence-corrected chi connectivity index (χ1v) is 8.68. The van der Waals surface area contributed by atoms with Gasteiger partial charge in [0, 0.05) is 30.8 Å². The molecule has 5 heteroatoms. The second-order valence-corrected chi connectivity index (χ2v) is 6.47. The van der Waals surface area contributed by atoms with Crippen molar-refractivity contribution in [2.75, 3.05) is 25.6 Å². The SMILES string of the molecule is COc1cccc2c1OCCCN(C(=O)[C@@H]1Cc3ccccc3N1)C2. The Morgan fingerprint density at radius 1 is 1.20 bits per heavy atom. The van der Waals surface area contributed by atoms with Gasteiger partial charge in [0.05, 0.1) is 13.7 Å². The van der Waals surface area contributed by atoms with Gasteiger partial charge in [-0.2, -0.15) is 0 Å². The lowest BCUT2D eigenvalue weighted by Gasteiger charge is -2.29. The Labute approximate surface area is 147 Å². The minimum Gasteiger partial charge on any atom is -0.493 e. The molecule has 1 atom stereocenters. The van der Waals surface area contributed by atoms with Crippen LogP contribution in [-0.4, -0.2) is 37.1 Å². The van der Waals surface area contributed by atoms with E-state index in [1.54, 1.807) is 7.11 Å². The summed E-state index contributed by atoms with van der Waals surface area (Å²) >= 11 is 0. The van der Waals surface area contributed by atoms with E-state index in [0.29, 0.717) is 19.7 Å². The largest absolute Gasteiger partial charge is 0.493 e. The minimum atomic E-state index is -0.188. The second-order valence-electron chi connectivity index (χ2n) is 6.47. The number of carbonyl (C=O) groups is 1. The van der Waals surface area contributed by atoms with E-state index < -0.39 is 0 Å². The Hall–Kier alpha value is -2.69. The molecule has 0 bridgehead atoms. The smallest absolute Gasteiger partial charge is 0.245 e. The van der Waals surface area contributed by atoms with E-state index in [1.165, 1.54) is 5.56 Å². The molecule has 4 rings (SSSR count). The lowest BCUT2D eigenvalue weighted by Crippen LogP contribution is -2.43. The highest BCUT2D eigenvalue weighted by molar-refractivity contribution is 5.87. The highest BCUT2D eigenvalue weighted by Crippen LogP contribution is 2.34. The average molecular weight is 338 g/mol. The predicted octanol–water partition coefficient (Wildman–Crippen LogP) is 2.84. The van der Waals surface area contributed by atoms with Gasteiger partial charge in [-0.05, 0) is 24.1 Å². The molecule has 2 aromatic carbocycles. The van der Waals surface area contributed by atoms with Gasteiger partial charge < -0.3 is 19.7 Å². The van der Waals surface area contributed by atoms with Crippen molar-refractivity contribution in [3.63, 3.8) is 0 Å². The molecule has 0 unspecified atom stereocenters. The summed E-state index contributed by atoms with van der Waals surface area (Å²) in [6, 6.07) is 13.8. The van der Waals surface area contributed by atoms with Gasteiger partial charge in [-0.15, -0.1) is 0 Å². The molecule has 2 aromatic rings. The minimum absolute atomic E-state index is 0.145. The summed E-state index contributed by atoms with van der Waals surface area (Å²) in [5.74, 6) is 1.62. The maximum Gasteiger partial charge on any atom is 0.245 e. The molecule has 2 heterocycles. The number of benzene rings is 2. The van der Waals surface area contributed by atoms with E-state index in [1.807, 2.05) is 41.3 Å². The number of amides is 1. The molecule has 130 valence electrons. The monoisotopic (exact) mass is 338 g/mol. The van der Waals surface area contributed by atoms with Gasteiger partial charge in [-0.3, -0.25) is 4.79 Å². The molecule has 1 N–H and O–H groups in total. The molecule has 2 aliphatic heterocycles. The van der Waals surface area contributed by atoms with E-state index in [9.17, 15) is 4.79 Å². The zero-order valence-corrected chi connectivity index (χ0v) is 14.3. The van der Waals surface area contributed by atoms with Crippen LogP contribution in [-0.2, 0) is 17.8 Å². The number of hydrogen-bond donors (Lipinski definition) is 1. The van der Waals surface area contributed by atoms with Crippen molar-refractivity contribution in [1.82, 2.24) is 4.90 Å². The molecule has 0 aromatic heterocycles. The third-order valence-electron chi connectivity index (χ3n) is 4.84. The Bertz CT molecular complexity index is 765. The number of para-hydroxylation sites is 2. The summed E-state index contributed by atoms with van der Waals surface area (Å²) in [4.78, 5) is 15.0. The standard InChI is InChI=1S/C20H22N2O3/c1-24-18-9-4-7-15-13-22(10-5-11-25-19(15)18)20(23)17-12-14-6-2-3-8-16(14)21-17/h2-4,6-9,17,21H,5,10-13H2,1H3/t17-/m0/s1. The van der Waals surface area contributed by atoms with Crippen LogP contribution in [0.2, 0.25) is 0 Å². The van der Waals surface area contributed by atoms with E-state index in [4.69, 9.17) is 9.47 Å². The highest BCUT2D eigenvalue weighted by Gasteiger charge is 2.31. The molecule has 0 fully saturated rings. The lowest BCUT2D eigenvalue weighted by molar-refractivity contribution is -0.132. The highest BCUT2D eigenvalue weighted by atomic mass is 16.5. The van der Waals surface area contributed by atoms with Crippen molar-refractivity contribution in [2.24, 2.45) is 0 Å². The van der Waals surface area contributed by atoms with Gasteiger partial charge in [0.2, 0.25) is 5.91 Å². The lowest BCUT2D eigenvalue weighted by atomic mass is 10.1. The van der Waals surface area contributed by atoms with Gasteiger partial charge in [-0.25, -0.2) is 0 Å². The van der Waals surface area contributed by atoms with Crippen LogP contribution in [0.3, 0.4) is 0 Å². The van der Waals surface area contributed by atoms with Crippen molar-refractivity contribution in [3.8, 4) is 11.5 Å². The van der Waals surface area contributed by atoms with Crippen molar-refractivity contribution >= 4 is 11.6 Å². The van der Waals surface area contributed by atoms with Crippen molar-refractivity contribution in [3.05, 3.63) is 53.6 Å². The summed E-state index contributed by atoms with van der Waals surface area (Å²) in [5.41, 5.74) is 3.26. The topological polar surface area (TPSA) is 50.8 Å². The van der Waals surface area contributed by atoms with E-state index in [2.05, 4.69) is 11.4 Å². The molecular weight excluding hydrogens is 316 g/mol. The molecule has 1 amide bonds. The maximum absolute atomic E-state index is 13.1. The van der Waals surface area contributed by atoms with Crippen LogP contribution in [0.4, 0.5) is 5.69 Å².